The third kappa shape index (κ3) is 2.14. The Morgan fingerprint density at radius 1 is 1.14 bits per heavy atom. The monoisotopic (exact) mass is 295 g/mol. The number of pyridine rings is 1. The normalized spacial score (nSPS) is 16.2. The van der Waals surface area contributed by atoms with E-state index < -0.39 is 0 Å². The van der Waals surface area contributed by atoms with Crippen molar-refractivity contribution in [2.45, 2.75) is 18.9 Å². The topological polar surface area (TPSA) is 59.9 Å². The average molecular weight is 295 g/mol. The second kappa shape index (κ2) is 5.42. The summed E-state index contributed by atoms with van der Waals surface area (Å²) in [5, 5.41) is 5.45. The minimum absolute atomic E-state index is 0.0883. The summed E-state index contributed by atoms with van der Waals surface area (Å²) in [6, 6.07) is 12.1. The molecule has 4 rings (SSSR count). The Morgan fingerprint density at radius 2 is 1.91 bits per heavy atom. The van der Waals surface area contributed by atoms with Crippen LogP contribution < -0.4 is 5.56 Å². The first-order valence-electron chi connectivity index (χ1n) is 7.57. The Labute approximate surface area is 127 Å². The molecule has 3 aromatic rings. The van der Waals surface area contributed by atoms with Crippen LogP contribution in [0.15, 0.2) is 47.4 Å². The largest absolute Gasteiger partial charge is 0.381 e. The van der Waals surface area contributed by atoms with Gasteiger partial charge in [0.15, 0.2) is 0 Å². The minimum Gasteiger partial charge on any atom is -0.381 e. The van der Waals surface area contributed by atoms with Crippen LogP contribution in [0.3, 0.4) is 0 Å². The number of fused-ring (bicyclic) bond motifs is 1. The van der Waals surface area contributed by atoms with Crippen molar-refractivity contribution in [2.24, 2.45) is 0 Å². The summed E-state index contributed by atoms with van der Waals surface area (Å²) in [6.45, 7) is 1.49. The van der Waals surface area contributed by atoms with E-state index in [-0.39, 0.29) is 11.6 Å². The second-order valence-electron chi connectivity index (χ2n) is 5.57. The number of ether oxygens (including phenoxy) is 1. The molecule has 0 bridgehead atoms. The molecule has 1 N–H and O–H groups in total. The first-order valence-corrected chi connectivity index (χ1v) is 7.57. The number of H-pyrrole nitrogens is 1. The molecule has 0 spiro atoms. The van der Waals surface area contributed by atoms with E-state index in [2.05, 4.69) is 4.98 Å². The Hall–Kier alpha value is -2.40. The van der Waals surface area contributed by atoms with E-state index in [1.807, 2.05) is 41.1 Å². The van der Waals surface area contributed by atoms with Gasteiger partial charge < -0.3 is 9.72 Å². The van der Waals surface area contributed by atoms with Crippen LogP contribution in [0.1, 0.15) is 18.9 Å². The van der Waals surface area contributed by atoms with Crippen LogP contribution >= 0.6 is 0 Å². The minimum atomic E-state index is -0.0883. The molecule has 5 nitrogen and oxygen atoms in total. The lowest BCUT2D eigenvalue weighted by molar-refractivity contribution is 0.0675. The van der Waals surface area contributed by atoms with Crippen molar-refractivity contribution in [1.82, 2.24) is 14.8 Å². The van der Waals surface area contributed by atoms with Crippen molar-refractivity contribution in [3.63, 3.8) is 0 Å². The van der Waals surface area contributed by atoms with E-state index in [9.17, 15) is 4.79 Å². The first kappa shape index (κ1) is 13.3. The van der Waals surface area contributed by atoms with Gasteiger partial charge in [-0.05, 0) is 18.9 Å². The molecule has 2 aromatic heterocycles. The molecular formula is C17H17N3O2. The van der Waals surface area contributed by atoms with Gasteiger partial charge in [-0.1, -0.05) is 30.3 Å². The van der Waals surface area contributed by atoms with Gasteiger partial charge in [-0.2, -0.15) is 5.10 Å². The fraction of sp³-hybridized carbons (Fsp3) is 0.294. The zero-order valence-corrected chi connectivity index (χ0v) is 12.2. The van der Waals surface area contributed by atoms with E-state index in [1.54, 1.807) is 6.20 Å². The van der Waals surface area contributed by atoms with E-state index >= 15 is 0 Å². The molecule has 1 aromatic carbocycles. The lowest BCUT2D eigenvalue weighted by Crippen LogP contribution is -2.20. The summed E-state index contributed by atoms with van der Waals surface area (Å²) in [7, 11) is 0. The van der Waals surface area contributed by atoms with Crippen LogP contribution in [0.5, 0.6) is 0 Å². The quantitative estimate of drug-likeness (QED) is 0.791. The number of benzene rings is 1. The molecular weight excluding hydrogens is 278 g/mol. The van der Waals surface area contributed by atoms with Gasteiger partial charge in [-0.15, -0.1) is 0 Å². The van der Waals surface area contributed by atoms with Gasteiger partial charge in [0.2, 0.25) is 0 Å². The smallest absolute Gasteiger partial charge is 0.259 e. The molecule has 1 fully saturated rings. The molecule has 112 valence electrons. The van der Waals surface area contributed by atoms with Gasteiger partial charge in [-0.25, -0.2) is 0 Å². The second-order valence-corrected chi connectivity index (χ2v) is 5.57. The predicted octanol–water partition coefficient (Wildman–Crippen LogP) is 2.74. The van der Waals surface area contributed by atoms with Gasteiger partial charge >= 0.3 is 0 Å². The zero-order chi connectivity index (χ0) is 14.9. The standard InChI is InChI=1S/C17H17N3O2/c21-17-15-14(6-9-18-17)20(13-7-10-22-11-8-13)19-16(15)12-4-2-1-3-5-12/h1-6,9,13H,7-8,10-11H2,(H,18,21). The van der Waals surface area contributed by atoms with Crippen LogP contribution in [-0.4, -0.2) is 28.0 Å². The van der Waals surface area contributed by atoms with E-state index in [0.717, 1.165) is 42.8 Å². The average Bonchev–Trinajstić information content (AvgIpc) is 2.98. The molecule has 1 aliphatic rings. The Kier molecular flexibility index (Phi) is 3.27. The van der Waals surface area contributed by atoms with Crippen molar-refractivity contribution < 1.29 is 4.74 Å². The number of hydrogen-bond acceptors (Lipinski definition) is 3. The third-order valence-electron chi connectivity index (χ3n) is 4.21. The molecule has 0 aliphatic carbocycles. The summed E-state index contributed by atoms with van der Waals surface area (Å²) in [6.07, 6.45) is 3.55. The van der Waals surface area contributed by atoms with Gasteiger partial charge in [-0.3, -0.25) is 9.48 Å². The molecule has 5 heteroatoms. The molecule has 0 saturated carbocycles. The van der Waals surface area contributed by atoms with Crippen LogP contribution in [0.2, 0.25) is 0 Å². The van der Waals surface area contributed by atoms with Crippen molar-refractivity contribution in [3.05, 3.63) is 52.9 Å². The summed E-state index contributed by atoms with van der Waals surface area (Å²) in [5.74, 6) is 0. The number of nitrogens with zero attached hydrogens (tertiary/aromatic N) is 2. The lowest BCUT2D eigenvalue weighted by atomic mass is 10.1. The number of aromatic amines is 1. The predicted molar refractivity (Wildman–Crippen MR) is 84.9 cm³/mol. The molecule has 1 aliphatic heterocycles. The molecule has 22 heavy (non-hydrogen) atoms. The highest BCUT2D eigenvalue weighted by Crippen LogP contribution is 2.30. The number of rotatable bonds is 2. The Bertz CT molecular complexity index is 845. The Morgan fingerprint density at radius 3 is 2.68 bits per heavy atom. The molecule has 0 radical (unpaired) electrons. The van der Waals surface area contributed by atoms with Crippen LogP contribution in [0.4, 0.5) is 0 Å². The fourth-order valence-corrected chi connectivity index (χ4v) is 3.11. The highest BCUT2D eigenvalue weighted by Gasteiger charge is 2.22. The maximum atomic E-state index is 12.3. The Balaban J connectivity index is 1.95. The number of nitrogens with one attached hydrogen (secondary N) is 1. The molecule has 0 amide bonds. The molecule has 1 saturated heterocycles. The summed E-state index contributed by atoms with van der Waals surface area (Å²) >= 11 is 0. The highest BCUT2D eigenvalue weighted by molar-refractivity contribution is 5.92. The summed E-state index contributed by atoms with van der Waals surface area (Å²) < 4.78 is 7.45. The van der Waals surface area contributed by atoms with Gasteiger partial charge in [0.1, 0.15) is 5.69 Å². The van der Waals surface area contributed by atoms with Crippen molar-refractivity contribution >= 4 is 10.9 Å². The molecule has 0 atom stereocenters. The van der Waals surface area contributed by atoms with Crippen LogP contribution in [0, 0.1) is 0 Å². The third-order valence-corrected chi connectivity index (χ3v) is 4.21. The maximum Gasteiger partial charge on any atom is 0.259 e. The van der Waals surface area contributed by atoms with Crippen molar-refractivity contribution in [1.29, 1.82) is 0 Å². The molecule has 0 unspecified atom stereocenters. The van der Waals surface area contributed by atoms with Gasteiger partial charge in [0.25, 0.3) is 5.56 Å². The first-order chi connectivity index (χ1) is 10.8. The molecule has 3 heterocycles. The van der Waals surface area contributed by atoms with E-state index in [0.29, 0.717) is 5.39 Å². The zero-order valence-electron chi connectivity index (χ0n) is 12.2. The van der Waals surface area contributed by atoms with E-state index in [1.165, 1.54) is 0 Å². The maximum absolute atomic E-state index is 12.3. The van der Waals surface area contributed by atoms with Gasteiger partial charge in [0, 0.05) is 25.0 Å². The SMILES string of the molecule is O=c1[nH]ccc2c1c(-c1ccccc1)nn2C1CCOCC1. The van der Waals surface area contributed by atoms with Gasteiger partial charge in [0.05, 0.1) is 16.9 Å². The van der Waals surface area contributed by atoms with Crippen LogP contribution in [0.25, 0.3) is 22.2 Å². The van der Waals surface area contributed by atoms with Crippen LogP contribution in [-0.2, 0) is 4.74 Å². The summed E-state index contributed by atoms with van der Waals surface area (Å²) in [4.78, 5) is 15.1. The number of hydrogen-bond donors (Lipinski definition) is 1. The summed E-state index contributed by atoms with van der Waals surface area (Å²) in [5.41, 5.74) is 2.53. The van der Waals surface area contributed by atoms with Crippen molar-refractivity contribution in [2.75, 3.05) is 13.2 Å². The van der Waals surface area contributed by atoms with E-state index in [4.69, 9.17) is 9.84 Å². The lowest BCUT2D eigenvalue weighted by Gasteiger charge is -2.23. The fourth-order valence-electron chi connectivity index (χ4n) is 3.11. The van der Waals surface area contributed by atoms with Crippen molar-refractivity contribution in [3.8, 4) is 11.3 Å². The highest BCUT2D eigenvalue weighted by atomic mass is 16.5. The number of aromatic nitrogens is 3.